The van der Waals surface area contributed by atoms with Gasteiger partial charge in [-0.05, 0) is 31.9 Å². The number of fused-ring (bicyclic) bond motifs is 1. The molecule has 1 aromatic carbocycles. The molecule has 1 aliphatic rings. The van der Waals surface area contributed by atoms with E-state index in [1.54, 1.807) is 0 Å². The maximum Gasteiger partial charge on any atom is 0.251 e. The van der Waals surface area contributed by atoms with Crippen LogP contribution >= 0.6 is 0 Å². The Bertz CT molecular complexity index is 596. The predicted octanol–water partition coefficient (Wildman–Crippen LogP) is 2.73. The second-order valence-corrected chi connectivity index (χ2v) is 5.19. The van der Waals surface area contributed by atoms with Gasteiger partial charge in [-0.3, -0.25) is 9.48 Å². The van der Waals surface area contributed by atoms with Crippen molar-refractivity contribution in [2.45, 2.75) is 45.2 Å². The fourth-order valence-electron chi connectivity index (χ4n) is 2.80. The molecule has 2 aromatic rings. The molecule has 1 aromatic heterocycles. The first-order valence-electron chi connectivity index (χ1n) is 7.04. The number of aryl methyl sites for hydroxylation is 1. The summed E-state index contributed by atoms with van der Waals surface area (Å²) in [5.41, 5.74) is 1.76. The second kappa shape index (κ2) is 5.03. The Morgan fingerprint density at radius 1 is 1.42 bits per heavy atom. The van der Waals surface area contributed by atoms with Crippen molar-refractivity contribution in [2.24, 2.45) is 0 Å². The largest absolute Gasteiger partial charge is 0.349 e. The maximum absolute atomic E-state index is 12.2. The summed E-state index contributed by atoms with van der Waals surface area (Å²) < 4.78 is 1.92. The number of amides is 1. The van der Waals surface area contributed by atoms with E-state index in [9.17, 15) is 4.79 Å². The summed E-state index contributed by atoms with van der Waals surface area (Å²) in [5, 5.41) is 8.51. The Hall–Kier alpha value is -1.84. The zero-order valence-electron chi connectivity index (χ0n) is 11.2. The normalized spacial score (nSPS) is 16.1. The van der Waals surface area contributed by atoms with Gasteiger partial charge in [0.1, 0.15) is 0 Å². The van der Waals surface area contributed by atoms with E-state index in [2.05, 4.69) is 17.3 Å². The van der Waals surface area contributed by atoms with Crippen molar-refractivity contribution < 1.29 is 4.79 Å². The van der Waals surface area contributed by atoms with Crippen molar-refractivity contribution in [3.63, 3.8) is 0 Å². The van der Waals surface area contributed by atoms with E-state index in [-0.39, 0.29) is 5.91 Å². The third-order valence-corrected chi connectivity index (χ3v) is 3.90. The third kappa shape index (κ3) is 2.35. The molecule has 19 heavy (non-hydrogen) atoms. The van der Waals surface area contributed by atoms with Crippen LogP contribution in [0.2, 0.25) is 0 Å². The van der Waals surface area contributed by atoms with Gasteiger partial charge < -0.3 is 5.32 Å². The van der Waals surface area contributed by atoms with E-state index in [4.69, 9.17) is 0 Å². The van der Waals surface area contributed by atoms with Crippen LogP contribution in [0.5, 0.6) is 0 Å². The molecule has 0 radical (unpaired) electrons. The molecule has 1 saturated carbocycles. The van der Waals surface area contributed by atoms with E-state index >= 15 is 0 Å². The Morgan fingerprint density at radius 2 is 2.21 bits per heavy atom. The average molecular weight is 257 g/mol. The van der Waals surface area contributed by atoms with Gasteiger partial charge in [-0.25, -0.2) is 0 Å². The summed E-state index contributed by atoms with van der Waals surface area (Å²) in [6.45, 7) is 2.87. The van der Waals surface area contributed by atoms with E-state index in [1.807, 2.05) is 29.1 Å². The summed E-state index contributed by atoms with van der Waals surface area (Å²) in [4.78, 5) is 12.2. The van der Waals surface area contributed by atoms with Crippen LogP contribution in [0.4, 0.5) is 0 Å². The third-order valence-electron chi connectivity index (χ3n) is 3.90. The van der Waals surface area contributed by atoms with Crippen LogP contribution in [0.15, 0.2) is 24.4 Å². The highest BCUT2D eigenvalue weighted by Crippen LogP contribution is 2.19. The zero-order chi connectivity index (χ0) is 13.2. The lowest BCUT2D eigenvalue weighted by molar-refractivity contribution is 0.0938. The number of nitrogens with one attached hydrogen (secondary N) is 1. The van der Waals surface area contributed by atoms with Gasteiger partial charge in [0.15, 0.2) is 0 Å². The molecule has 1 amide bonds. The van der Waals surface area contributed by atoms with Crippen molar-refractivity contribution in [1.29, 1.82) is 0 Å². The number of benzene rings is 1. The molecule has 1 fully saturated rings. The molecule has 100 valence electrons. The SMILES string of the molecule is CCn1ncc2ccc(C(=O)NC3CCCC3)cc21. The van der Waals surface area contributed by atoms with Gasteiger partial charge in [0, 0.05) is 23.5 Å². The van der Waals surface area contributed by atoms with Crippen molar-refractivity contribution in [1.82, 2.24) is 15.1 Å². The number of carbonyl (C=O) groups excluding carboxylic acids is 1. The van der Waals surface area contributed by atoms with Gasteiger partial charge >= 0.3 is 0 Å². The van der Waals surface area contributed by atoms with Crippen molar-refractivity contribution in [3.05, 3.63) is 30.0 Å². The number of hydrogen-bond donors (Lipinski definition) is 1. The Balaban J connectivity index is 1.85. The number of aromatic nitrogens is 2. The Kier molecular flexibility index (Phi) is 3.23. The van der Waals surface area contributed by atoms with Crippen molar-refractivity contribution in [2.75, 3.05) is 0 Å². The van der Waals surface area contributed by atoms with Crippen molar-refractivity contribution in [3.8, 4) is 0 Å². The molecule has 1 N–H and O–H groups in total. The van der Waals surface area contributed by atoms with Gasteiger partial charge in [0.25, 0.3) is 5.91 Å². The van der Waals surface area contributed by atoms with Crippen LogP contribution in [0.3, 0.4) is 0 Å². The second-order valence-electron chi connectivity index (χ2n) is 5.19. The van der Waals surface area contributed by atoms with Crippen LogP contribution in [-0.2, 0) is 6.54 Å². The zero-order valence-corrected chi connectivity index (χ0v) is 11.2. The number of hydrogen-bond acceptors (Lipinski definition) is 2. The molecule has 1 heterocycles. The van der Waals surface area contributed by atoms with Gasteiger partial charge in [0.05, 0.1) is 11.7 Å². The first kappa shape index (κ1) is 12.2. The minimum absolute atomic E-state index is 0.0395. The van der Waals surface area contributed by atoms with E-state index in [0.717, 1.165) is 35.9 Å². The molecule has 0 saturated heterocycles. The fourth-order valence-corrected chi connectivity index (χ4v) is 2.80. The van der Waals surface area contributed by atoms with Crippen molar-refractivity contribution >= 4 is 16.8 Å². The van der Waals surface area contributed by atoms with Gasteiger partial charge in [-0.1, -0.05) is 18.9 Å². The minimum atomic E-state index is 0.0395. The minimum Gasteiger partial charge on any atom is -0.349 e. The molecule has 0 aliphatic heterocycles. The summed E-state index contributed by atoms with van der Waals surface area (Å²) in [5.74, 6) is 0.0395. The molecule has 4 heteroatoms. The fraction of sp³-hybridized carbons (Fsp3) is 0.467. The molecule has 0 spiro atoms. The molecule has 0 bridgehead atoms. The molecule has 4 nitrogen and oxygen atoms in total. The molecule has 1 aliphatic carbocycles. The Morgan fingerprint density at radius 3 is 2.95 bits per heavy atom. The van der Waals surface area contributed by atoms with Crippen LogP contribution < -0.4 is 5.32 Å². The quantitative estimate of drug-likeness (QED) is 0.919. The van der Waals surface area contributed by atoms with Crippen LogP contribution in [0, 0.1) is 0 Å². The van der Waals surface area contributed by atoms with Gasteiger partial charge in [0.2, 0.25) is 0 Å². The molecule has 0 atom stereocenters. The smallest absolute Gasteiger partial charge is 0.251 e. The summed E-state index contributed by atoms with van der Waals surface area (Å²) in [7, 11) is 0. The monoisotopic (exact) mass is 257 g/mol. The van der Waals surface area contributed by atoms with Crippen LogP contribution in [0.25, 0.3) is 10.9 Å². The van der Waals surface area contributed by atoms with E-state index < -0.39 is 0 Å². The first-order valence-corrected chi connectivity index (χ1v) is 7.04. The van der Waals surface area contributed by atoms with Crippen LogP contribution in [0.1, 0.15) is 43.0 Å². The molecule has 3 rings (SSSR count). The highest BCUT2D eigenvalue weighted by Gasteiger charge is 2.18. The maximum atomic E-state index is 12.2. The Labute approximate surface area is 112 Å². The lowest BCUT2D eigenvalue weighted by Crippen LogP contribution is -2.32. The topological polar surface area (TPSA) is 46.9 Å². The lowest BCUT2D eigenvalue weighted by atomic mass is 10.1. The highest BCUT2D eigenvalue weighted by atomic mass is 16.1. The van der Waals surface area contributed by atoms with Gasteiger partial charge in [-0.15, -0.1) is 0 Å². The van der Waals surface area contributed by atoms with Gasteiger partial charge in [-0.2, -0.15) is 5.10 Å². The van der Waals surface area contributed by atoms with E-state index in [1.165, 1.54) is 12.8 Å². The predicted molar refractivity (Wildman–Crippen MR) is 75.1 cm³/mol. The number of rotatable bonds is 3. The average Bonchev–Trinajstić information content (AvgIpc) is 3.06. The summed E-state index contributed by atoms with van der Waals surface area (Å²) in [6, 6.07) is 6.15. The summed E-state index contributed by atoms with van der Waals surface area (Å²) in [6.07, 6.45) is 6.53. The number of carbonyl (C=O) groups is 1. The molecule has 0 unspecified atom stereocenters. The highest BCUT2D eigenvalue weighted by molar-refractivity contribution is 5.98. The number of nitrogens with zero attached hydrogens (tertiary/aromatic N) is 2. The van der Waals surface area contributed by atoms with E-state index in [0.29, 0.717) is 6.04 Å². The first-order chi connectivity index (χ1) is 9.28. The summed E-state index contributed by atoms with van der Waals surface area (Å²) >= 11 is 0. The lowest BCUT2D eigenvalue weighted by Gasteiger charge is -2.12. The molecular weight excluding hydrogens is 238 g/mol. The molecular formula is C15H19N3O. The standard InChI is InChI=1S/C15H19N3O/c1-2-18-14-9-11(7-8-12(14)10-16-18)15(19)17-13-5-3-4-6-13/h7-10,13H,2-6H2,1H3,(H,17,19). The van der Waals surface area contributed by atoms with Crippen LogP contribution in [-0.4, -0.2) is 21.7 Å².